The molecule has 1 fully saturated rings. The van der Waals surface area contributed by atoms with Crippen LogP contribution >= 0.6 is 11.3 Å². The number of hydrogen-bond donors (Lipinski definition) is 1. The maximum absolute atomic E-state index is 13.5. The summed E-state index contributed by atoms with van der Waals surface area (Å²) < 4.78 is 0. The molecule has 1 amide bonds. The molecule has 6 heteroatoms. The van der Waals surface area contributed by atoms with Crippen molar-refractivity contribution in [2.24, 2.45) is 17.8 Å². The highest BCUT2D eigenvalue weighted by molar-refractivity contribution is 7.14. The molecule has 2 aliphatic rings. The molecule has 5 nitrogen and oxygen atoms in total. The summed E-state index contributed by atoms with van der Waals surface area (Å²) in [6, 6.07) is 9.89. The van der Waals surface area contributed by atoms with Gasteiger partial charge in [0, 0.05) is 17.5 Å². The highest BCUT2D eigenvalue weighted by Crippen LogP contribution is 2.41. The topological polar surface area (TPSA) is 70.5 Å². The molecule has 2 aromatic rings. The molecule has 4 rings (SSSR count). The second-order valence-electron chi connectivity index (χ2n) is 7.95. The molecular weight excluding hydrogens is 384 g/mol. The van der Waals surface area contributed by atoms with Crippen LogP contribution in [-0.4, -0.2) is 28.5 Å². The van der Waals surface area contributed by atoms with Gasteiger partial charge in [-0.3, -0.25) is 14.5 Å². The molecule has 1 aromatic carbocycles. The van der Waals surface area contributed by atoms with E-state index in [0.29, 0.717) is 17.6 Å². The minimum absolute atomic E-state index is 0.0914. The predicted octanol–water partition coefficient (Wildman–Crippen LogP) is 5.00. The fourth-order valence-electron chi connectivity index (χ4n) is 4.71. The number of rotatable bonds is 5. The number of aromatic nitrogens is 1. The molecule has 0 saturated heterocycles. The number of amides is 1. The van der Waals surface area contributed by atoms with Crippen LogP contribution in [0, 0.1) is 17.8 Å². The molecule has 1 N–H and O–H groups in total. The van der Waals surface area contributed by atoms with Crippen molar-refractivity contribution in [1.82, 2.24) is 4.98 Å². The maximum Gasteiger partial charge on any atom is 0.304 e. The van der Waals surface area contributed by atoms with Crippen molar-refractivity contribution in [1.29, 1.82) is 0 Å². The van der Waals surface area contributed by atoms with Crippen LogP contribution in [-0.2, 0) is 9.59 Å². The van der Waals surface area contributed by atoms with Crippen molar-refractivity contribution >= 4 is 28.3 Å². The first kappa shape index (κ1) is 19.8. The SMILES string of the molecule is O=C(O)C[C@@H]1C(=O)N(c2nc(-c3ccccc3)cs2)CC=CC[C@@H]1C1CCCC1. The molecule has 0 unspecified atom stereocenters. The molecule has 29 heavy (non-hydrogen) atoms. The minimum Gasteiger partial charge on any atom is -0.481 e. The maximum atomic E-state index is 13.5. The van der Waals surface area contributed by atoms with Crippen molar-refractivity contribution in [2.45, 2.75) is 38.5 Å². The summed E-state index contributed by atoms with van der Waals surface area (Å²) >= 11 is 1.44. The van der Waals surface area contributed by atoms with Crippen LogP contribution in [0.1, 0.15) is 38.5 Å². The first-order valence-corrected chi connectivity index (χ1v) is 11.2. The van der Waals surface area contributed by atoms with Gasteiger partial charge in [0.2, 0.25) is 5.91 Å². The monoisotopic (exact) mass is 410 g/mol. The second kappa shape index (κ2) is 8.91. The molecule has 152 valence electrons. The summed E-state index contributed by atoms with van der Waals surface area (Å²) in [5, 5.41) is 12.1. The standard InChI is InChI=1S/C23H26N2O3S/c26-21(27)14-19-18(16-8-4-5-9-16)12-6-7-13-25(22(19)28)23-24-20(15-29-23)17-10-2-1-3-11-17/h1-3,6-7,10-11,15-16,18-19H,4-5,8-9,12-14H2,(H,26,27)/t18-,19+/m1/s1. The molecule has 0 bridgehead atoms. The number of benzene rings is 1. The summed E-state index contributed by atoms with van der Waals surface area (Å²) in [5.74, 6) is -0.968. The highest BCUT2D eigenvalue weighted by Gasteiger charge is 2.39. The average Bonchev–Trinajstić information content (AvgIpc) is 3.41. The molecule has 1 aliphatic heterocycles. The van der Waals surface area contributed by atoms with Gasteiger partial charge in [-0.05, 0) is 18.3 Å². The predicted molar refractivity (Wildman–Crippen MR) is 115 cm³/mol. The Morgan fingerprint density at radius 3 is 2.66 bits per heavy atom. The molecule has 1 saturated carbocycles. The second-order valence-corrected chi connectivity index (χ2v) is 8.79. The van der Waals surface area contributed by atoms with Gasteiger partial charge in [-0.25, -0.2) is 4.98 Å². The van der Waals surface area contributed by atoms with Gasteiger partial charge < -0.3 is 5.11 Å². The van der Waals surface area contributed by atoms with Gasteiger partial charge in [0.15, 0.2) is 5.13 Å². The van der Waals surface area contributed by atoms with Crippen molar-refractivity contribution in [3.8, 4) is 11.3 Å². The van der Waals surface area contributed by atoms with Crippen LogP contribution in [0.25, 0.3) is 11.3 Å². The zero-order valence-electron chi connectivity index (χ0n) is 16.4. The zero-order chi connectivity index (χ0) is 20.2. The number of carboxylic acid groups (broad SMARTS) is 1. The lowest BCUT2D eigenvalue weighted by atomic mass is 9.75. The van der Waals surface area contributed by atoms with Crippen LogP contribution in [0.3, 0.4) is 0 Å². The minimum atomic E-state index is -0.903. The van der Waals surface area contributed by atoms with Gasteiger partial charge in [-0.1, -0.05) is 68.2 Å². The summed E-state index contributed by atoms with van der Waals surface area (Å²) in [6.45, 7) is 0.439. The van der Waals surface area contributed by atoms with E-state index < -0.39 is 11.9 Å². The first-order valence-electron chi connectivity index (χ1n) is 10.3. The summed E-state index contributed by atoms with van der Waals surface area (Å²) in [6.07, 6.45) is 9.37. The van der Waals surface area contributed by atoms with E-state index in [0.717, 1.165) is 30.5 Å². The Morgan fingerprint density at radius 1 is 1.17 bits per heavy atom. The smallest absolute Gasteiger partial charge is 0.304 e. The normalized spacial score (nSPS) is 23.2. The lowest BCUT2D eigenvalue weighted by Crippen LogP contribution is -2.43. The van der Waals surface area contributed by atoms with E-state index in [1.165, 1.54) is 24.2 Å². The first-order chi connectivity index (χ1) is 14.1. The van der Waals surface area contributed by atoms with E-state index in [1.54, 1.807) is 4.90 Å². The number of thiazole rings is 1. The average molecular weight is 411 g/mol. The van der Waals surface area contributed by atoms with Crippen LogP contribution in [0.2, 0.25) is 0 Å². The van der Waals surface area contributed by atoms with Crippen molar-refractivity contribution in [2.75, 3.05) is 11.4 Å². The van der Waals surface area contributed by atoms with Gasteiger partial charge in [-0.15, -0.1) is 11.3 Å². The number of hydrogen-bond acceptors (Lipinski definition) is 4. The van der Waals surface area contributed by atoms with Gasteiger partial charge in [0.1, 0.15) is 0 Å². The number of carboxylic acids is 1. The number of anilines is 1. The van der Waals surface area contributed by atoms with Gasteiger partial charge in [0.05, 0.1) is 18.0 Å². The van der Waals surface area contributed by atoms with E-state index in [1.807, 2.05) is 41.8 Å². The van der Waals surface area contributed by atoms with Crippen molar-refractivity contribution in [3.63, 3.8) is 0 Å². The third kappa shape index (κ3) is 4.42. The molecule has 1 aromatic heterocycles. The quantitative estimate of drug-likeness (QED) is 0.704. The molecule has 0 spiro atoms. The van der Waals surface area contributed by atoms with Crippen LogP contribution < -0.4 is 4.90 Å². The Labute approximate surface area is 175 Å². The van der Waals surface area contributed by atoms with E-state index in [2.05, 4.69) is 6.08 Å². The van der Waals surface area contributed by atoms with E-state index in [-0.39, 0.29) is 18.2 Å². The number of carbonyl (C=O) groups is 2. The summed E-state index contributed by atoms with van der Waals surface area (Å²) in [4.78, 5) is 31.5. The third-order valence-corrected chi connectivity index (χ3v) is 7.02. The zero-order valence-corrected chi connectivity index (χ0v) is 17.2. The Kier molecular flexibility index (Phi) is 6.09. The van der Waals surface area contributed by atoms with Crippen LogP contribution in [0.15, 0.2) is 47.9 Å². The largest absolute Gasteiger partial charge is 0.481 e. The molecule has 2 heterocycles. The fraction of sp³-hybridized carbons (Fsp3) is 0.435. The number of carbonyl (C=O) groups excluding carboxylic acids is 1. The van der Waals surface area contributed by atoms with Gasteiger partial charge in [-0.2, -0.15) is 0 Å². The molecular formula is C23H26N2O3S. The number of aliphatic carboxylic acids is 1. The van der Waals surface area contributed by atoms with Gasteiger partial charge >= 0.3 is 5.97 Å². The Bertz CT molecular complexity index is 887. The summed E-state index contributed by atoms with van der Waals surface area (Å²) in [5.41, 5.74) is 1.85. The molecule has 0 radical (unpaired) electrons. The Balaban J connectivity index is 1.64. The fourth-order valence-corrected chi connectivity index (χ4v) is 5.55. The lowest BCUT2D eigenvalue weighted by Gasteiger charge is -2.34. The number of allylic oxidation sites excluding steroid dienone is 1. The lowest BCUT2D eigenvalue weighted by molar-refractivity contribution is -0.142. The van der Waals surface area contributed by atoms with Gasteiger partial charge in [0.25, 0.3) is 0 Å². The van der Waals surface area contributed by atoms with E-state index in [4.69, 9.17) is 4.98 Å². The van der Waals surface area contributed by atoms with E-state index >= 15 is 0 Å². The van der Waals surface area contributed by atoms with E-state index in [9.17, 15) is 14.7 Å². The highest BCUT2D eigenvalue weighted by atomic mass is 32.1. The molecule has 1 aliphatic carbocycles. The third-order valence-electron chi connectivity index (χ3n) is 6.16. The van der Waals surface area contributed by atoms with Crippen LogP contribution in [0.4, 0.5) is 5.13 Å². The van der Waals surface area contributed by atoms with Crippen molar-refractivity contribution < 1.29 is 14.7 Å². The Hall–Kier alpha value is -2.47. The number of nitrogens with zero attached hydrogens (tertiary/aromatic N) is 2. The molecule has 2 atom stereocenters. The van der Waals surface area contributed by atoms with Crippen molar-refractivity contribution in [3.05, 3.63) is 47.9 Å². The Morgan fingerprint density at radius 2 is 1.93 bits per heavy atom. The summed E-state index contributed by atoms with van der Waals surface area (Å²) in [7, 11) is 0. The van der Waals surface area contributed by atoms with Crippen LogP contribution in [0.5, 0.6) is 0 Å².